The second kappa shape index (κ2) is 10.8. The van der Waals surface area contributed by atoms with Crippen LogP contribution in [-0.2, 0) is 23.1 Å². The fourth-order valence-corrected chi connectivity index (χ4v) is 6.48. The summed E-state index contributed by atoms with van der Waals surface area (Å²) in [6.07, 6.45) is 3.91. The predicted octanol–water partition coefficient (Wildman–Crippen LogP) is 5.28. The highest BCUT2D eigenvalue weighted by Gasteiger charge is 2.43. The van der Waals surface area contributed by atoms with Gasteiger partial charge in [0.15, 0.2) is 0 Å². The number of halogens is 2. The average Bonchev–Trinajstić information content (AvgIpc) is 3.62. The van der Waals surface area contributed by atoms with E-state index in [1.165, 1.54) is 4.57 Å². The number of carbonyl (C=O) groups is 2. The first kappa shape index (κ1) is 27.2. The van der Waals surface area contributed by atoms with E-state index in [0.29, 0.717) is 19.5 Å². The van der Waals surface area contributed by atoms with Crippen molar-refractivity contribution >= 4 is 50.5 Å². The van der Waals surface area contributed by atoms with Crippen molar-refractivity contribution in [3.05, 3.63) is 66.1 Å². The van der Waals surface area contributed by atoms with E-state index < -0.39 is 17.6 Å². The van der Waals surface area contributed by atoms with E-state index in [2.05, 4.69) is 50.7 Å². The Morgan fingerprint density at radius 1 is 1.17 bits per heavy atom. The smallest absolute Gasteiger partial charge is 0.410 e. The van der Waals surface area contributed by atoms with Crippen LogP contribution in [0.3, 0.4) is 0 Å². The van der Waals surface area contributed by atoms with Gasteiger partial charge in [-0.1, -0.05) is 15.9 Å². The summed E-state index contributed by atoms with van der Waals surface area (Å²) in [5.41, 5.74) is 1.21. The van der Waals surface area contributed by atoms with Crippen LogP contribution in [0, 0.1) is 9.49 Å². The van der Waals surface area contributed by atoms with E-state index in [4.69, 9.17) is 4.74 Å². The van der Waals surface area contributed by atoms with Crippen LogP contribution in [0.4, 0.5) is 4.79 Å². The molecule has 0 bridgehead atoms. The molecule has 2 amide bonds. The van der Waals surface area contributed by atoms with E-state index in [0.717, 1.165) is 32.0 Å². The largest absolute Gasteiger partial charge is 0.444 e. The van der Waals surface area contributed by atoms with Crippen LogP contribution in [0.1, 0.15) is 57.1 Å². The summed E-state index contributed by atoms with van der Waals surface area (Å²) in [5.74, 6) is -0.564. The maximum atomic E-state index is 14.2. The summed E-state index contributed by atoms with van der Waals surface area (Å²) in [7, 11) is 1.72. The number of nitrogens with zero attached hydrogens (tertiary/aromatic N) is 3. The standard InChI is InChI=1S/C27H33BrIN3O4/c1-27(2,3)36-26(35)31-10-8-22(18-7-9-30(4)24(33)13-18)23(16-31)25(34)32(21-5-6-21)15-17-11-19(28)14-20(29)12-17/h7,9,11-14,21-23H,5-6,8,10,15-16H2,1-4H3/t22-,23+/m1/s1. The van der Waals surface area contributed by atoms with Crippen LogP contribution in [0.5, 0.6) is 0 Å². The molecule has 2 atom stereocenters. The Bertz CT molecular complexity index is 1180. The number of rotatable bonds is 5. The third kappa shape index (κ3) is 6.70. The summed E-state index contributed by atoms with van der Waals surface area (Å²) in [4.78, 5) is 43.2. The zero-order valence-electron chi connectivity index (χ0n) is 21.2. The van der Waals surface area contributed by atoms with Gasteiger partial charge in [0, 0.05) is 53.0 Å². The Labute approximate surface area is 234 Å². The molecule has 0 N–H and O–H groups in total. The number of aryl methyl sites for hydroxylation is 1. The molecule has 9 heteroatoms. The van der Waals surface area contributed by atoms with Gasteiger partial charge in [0.2, 0.25) is 5.91 Å². The van der Waals surface area contributed by atoms with E-state index in [1.54, 1.807) is 24.2 Å². The van der Waals surface area contributed by atoms with Crippen molar-refractivity contribution in [2.75, 3.05) is 13.1 Å². The van der Waals surface area contributed by atoms with Crippen molar-refractivity contribution in [1.29, 1.82) is 0 Å². The third-order valence-corrected chi connectivity index (χ3v) is 7.76. The number of pyridine rings is 1. The first-order chi connectivity index (χ1) is 16.9. The highest BCUT2D eigenvalue weighted by atomic mass is 127. The molecule has 36 heavy (non-hydrogen) atoms. The number of hydrogen-bond donors (Lipinski definition) is 0. The minimum absolute atomic E-state index is 0.0337. The topological polar surface area (TPSA) is 71.8 Å². The number of carbonyl (C=O) groups excluding carboxylic acids is 2. The van der Waals surface area contributed by atoms with Gasteiger partial charge in [-0.25, -0.2) is 4.79 Å². The van der Waals surface area contributed by atoms with Crippen LogP contribution in [0.25, 0.3) is 0 Å². The number of piperidine rings is 1. The SMILES string of the molecule is Cn1ccc([C@H]2CCN(C(=O)OC(C)(C)C)C[C@@H]2C(=O)N(Cc2cc(Br)cc(I)c2)C2CC2)cc1=O. The van der Waals surface area contributed by atoms with Crippen molar-refractivity contribution in [1.82, 2.24) is 14.4 Å². The number of ether oxygens (including phenoxy) is 1. The van der Waals surface area contributed by atoms with Crippen molar-refractivity contribution in [2.24, 2.45) is 13.0 Å². The molecule has 4 rings (SSSR count). The molecule has 1 aliphatic carbocycles. The van der Waals surface area contributed by atoms with Crippen LogP contribution in [0.15, 0.2) is 45.8 Å². The molecule has 194 valence electrons. The van der Waals surface area contributed by atoms with Crippen molar-refractivity contribution in [3.8, 4) is 0 Å². The van der Waals surface area contributed by atoms with Crippen LogP contribution in [-0.4, -0.2) is 51.1 Å². The first-order valence-electron chi connectivity index (χ1n) is 12.3. The maximum absolute atomic E-state index is 14.2. The zero-order valence-corrected chi connectivity index (χ0v) is 24.9. The lowest BCUT2D eigenvalue weighted by atomic mass is 9.79. The van der Waals surface area contributed by atoms with Gasteiger partial charge in [0.1, 0.15) is 5.60 Å². The molecule has 1 aromatic heterocycles. The highest BCUT2D eigenvalue weighted by Crippen LogP contribution is 2.38. The lowest BCUT2D eigenvalue weighted by Gasteiger charge is -2.40. The molecule has 7 nitrogen and oxygen atoms in total. The van der Waals surface area contributed by atoms with E-state index in [1.807, 2.05) is 37.8 Å². The maximum Gasteiger partial charge on any atom is 0.410 e. The molecule has 2 aliphatic rings. The normalized spacial score (nSPS) is 20.2. The van der Waals surface area contributed by atoms with E-state index in [9.17, 15) is 14.4 Å². The van der Waals surface area contributed by atoms with Gasteiger partial charge in [-0.2, -0.15) is 0 Å². The minimum Gasteiger partial charge on any atom is -0.444 e. The zero-order chi connectivity index (χ0) is 26.2. The second-order valence-corrected chi connectivity index (χ2v) is 13.0. The fourth-order valence-electron chi connectivity index (χ4n) is 4.77. The molecular weight excluding hydrogens is 637 g/mol. The number of aromatic nitrogens is 1. The number of benzene rings is 1. The highest BCUT2D eigenvalue weighted by molar-refractivity contribution is 14.1. The molecule has 1 aromatic carbocycles. The van der Waals surface area contributed by atoms with Crippen molar-refractivity contribution in [2.45, 2.75) is 64.1 Å². The number of amides is 2. The Hall–Kier alpha value is -1.88. The van der Waals surface area contributed by atoms with Gasteiger partial charge in [-0.3, -0.25) is 9.59 Å². The molecule has 1 aliphatic heterocycles. The molecule has 1 saturated carbocycles. The average molecular weight is 670 g/mol. The van der Waals surface area contributed by atoms with Crippen molar-refractivity contribution < 1.29 is 14.3 Å². The molecule has 2 fully saturated rings. The van der Waals surface area contributed by atoms with Crippen LogP contribution >= 0.6 is 38.5 Å². The van der Waals surface area contributed by atoms with Gasteiger partial charge in [0.05, 0.1) is 5.92 Å². The summed E-state index contributed by atoms with van der Waals surface area (Å²) in [6.45, 7) is 6.79. The Kier molecular flexibility index (Phi) is 8.19. The van der Waals surface area contributed by atoms with Crippen LogP contribution < -0.4 is 5.56 Å². The van der Waals surface area contributed by atoms with E-state index >= 15 is 0 Å². The van der Waals surface area contributed by atoms with Gasteiger partial charge in [0.25, 0.3) is 5.56 Å². The lowest BCUT2D eigenvalue weighted by molar-refractivity contribution is -0.139. The molecule has 2 heterocycles. The number of hydrogen-bond acceptors (Lipinski definition) is 4. The van der Waals surface area contributed by atoms with Crippen molar-refractivity contribution in [3.63, 3.8) is 0 Å². The minimum atomic E-state index is -0.614. The van der Waals surface area contributed by atoms with Gasteiger partial charge in [-0.15, -0.1) is 0 Å². The summed E-state index contributed by atoms with van der Waals surface area (Å²) < 4.78 is 9.24. The molecular formula is C27H33BrIN3O4. The molecule has 2 aromatic rings. The van der Waals surface area contributed by atoms with E-state index in [-0.39, 0.29) is 30.0 Å². The van der Waals surface area contributed by atoms with Gasteiger partial charge >= 0.3 is 6.09 Å². The quantitative estimate of drug-likeness (QED) is 0.406. The van der Waals surface area contributed by atoms with Gasteiger partial charge in [-0.05, 0) is 104 Å². The predicted molar refractivity (Wildman–Crippen MR) is 151 cm³/mol. The monoisotopic (exact) mass is 669 g/mol. The molecule has 0 spiro atoms. The Balaban J connectivity index is 1.64. The third-order valence-electron chi connectivity index (χ3n) is 6.68. The second-order valence-electron chi connectivity index (χ2n) is 10.8. The summed E-state index contributed by atoms with van der Waals surface area (Å²) in [5, 5.41) is 0. The Morgan fingerprint density at radius 3 is 2.50 bits per heavy atom. The first-order valence-corrected chi connectivity index (χ1v) is 14.2. The lowest BCUT2D eigenvalue weighted by Crippen LogP contribution is -2.51. The van der Waals surface area contributed by atoms with Gasteiger partial charge < -0.3 is 19.1 Å². The van der Waals surface area contributed by atoms with Crippen LogP contribution in [0.2, 0.25) is 0 Å². The molecule has 0 radical (unpaired) electrons. The Morgan fingerprint density at radius 2 is 1.89 bits per heavy atom. The summed E-state index contributed by atoms with van der Waals surface area (Å²) in [6, 6.07) is 9.95. The number of likely N-dealkylation sites (tertiary alicyclic amines) is 1. The fraction of sp³-hybridized carbons (Fsp3) is 0.519. The molecule has 0 unspecified atom stereocenters. The molecule has 1 saturated heterocycles. The summed E-state index contributed by atoms with van der Waals surface area (Å²) >= 11 is 5.86.